The molecule has 1 aromatic heterocycles. The van der Waals surface area contributed by atoms with Gasteiger partial charge in [0.2, 0.25) is 15.9 Å². The number of nitrogens with zero attached hydrogens (tertiary/aromatic N) is 2. The fraction of sp³-hybridized carbons (Fsp3) is 0.389. The minimum atomic E-state index is -3.76. The van der Waals surface area contributed by atoms with Crippen LogP contribution in [0.1, 0.15) is 0 Å². The molecule has 0 unspecified atom stereocenters. The number of nitrogens with one attached hydrogen (secondary N) is 1. The molecular formula is C18H21N3O7S3. The highest BCUT2D eigenvalue weighted by atomic mass is 32.2. The maximum atomic E-state index is 13.0. The van der Waals surface area contributed by atoms with Crippen LogP contribution in [0.3, 0.4) is 0 Å². The highest BCUT2D eigenvalue weighted by molar-refractivity contribution is 7.91. The van der Waals surface area contributed by atoms with E-state index in [0.717, 1.165) is 11.3 Å². The Morgan fingerprint density at radius 2 is 1.71 bits per heavy atom. The van der Waals surface area contributed by atoms with Crippen LogP contribution in [-0.4, -0.2) is 77.9 Å². The minimum absolute atomic E-state index is 0.0974. The minimum Gasteiger partial charge on any atom is -0.486 e. The third-order valence-corrected chi connectivity index (χ3v) is 9.61. The first kappa shape index (κ1) is 22.0. The van der Waals surface area contributed by atoms with Crippen molar-refractivity contribution in [3.05, 3.63) is 35.7 Å². The number of carbonyl (C=O) groups excluding carboxylic acids is 1. The van der Waals surface area contributed by atoms with E-state index in [2.05, 4.69) is 4.72 Å². The van der Waals surface area contributed by atoms with Crippen molar-refractivity contribution in [1.82, 2.24) is 13.9 Å². The molecule has 1 amide bonds. The number of hydrogen-bond acceptors (Lipinski definition) is 8. The number of fused-ring (bicyclic) bond motifs is 1. The highest BCUT2D eigenvalue weighted by Gasteiger charge is 2.31. The Balaban J connectivity index is 1.35. The molecule has 1 N–H and O–H groups in total. The van der Waals surface area contributed by atoms with Crippen molar-refractivity contribution < 1.29 is 31.1 Å². The van der Waals surface area contributed by atoms with Gasteiger partial charge in [-0.25, -0.2) is 21.6 Å². The van der Waals surface area contributed by atoms with Crippen molar-refractivity contribution in [3.63, 3.8) is 0 Å². The average molecular weight is 488 g/mol. The molecule has 0 atom stereocenters. The van der Waals surface area contributed by atoms with Crippen LogP contribution >= 0.6 is 11.3 Å². The van der Waals surface area contributed by atoms with Gasteiger partial charge in [0, 0.05) is 32.2 Å². The van der Waals surface area contributed by atoms with Crippen molar-refractivity contribution >= 4 is 37.3 Å². The van der Waals surface area contributed by atoms with Gasteiger partial charge in [0.25, 0.3) is 10.0 Å². The molecule has 13 heteroatoms. The summed E-state index contributed by atoms with van der Waals surface area (Å²) in [5, 5.41) is 1.64. The summed E-state index contributed by atoms with van der Waals surface area (Å²) in [5.74, 6) is 0.487. The SMILES string of the molecule is O=C(CNS(=O)(=O)c1cccs1)N1CCN(S(=O)(=O)c2ccc3c(c2)OCCO3)CC1. The van der Waals surface area contributed by atoms with E-state index in [4.69, 9.17) is 9.47 Å². The number of benzene rings is 1. The molecule has 10 nitrogen and oxygen atoms in total. The lowest BCUT2D eigenvalue weighted by Crippen LogP contribution is -2.52. The van der Waals surface area contributed by atoms with Crippen LogP contribution < -0.4 is 14.2 Å². The highest BCUT2D eigenvalue weighted by Crippen LogP contribution is 2.33. The number of thiophene rings is 1. The van der Waals surface area contributed by atoms with Crippen LogP contribution in [-0.2, 0) is 24.8 Å². The van der Waals surface area contributed by atoms with E-state index in [1.54, 1.807) is 17.5 Å². The average Bonchev–Trinajstić information content (AvgIpc) is 3.33. The Kier molecular flexibility index (Phi) is 6.21. The van der Waals surface area contributed by atoms with Crippen molar-refractivity contribution in [1.29, 1.82) is 0 Å². The Morgan fingerprint density at radius 1 is 1.00 bits per heavy atom. The van der Waals surface area contributed by atoms with E-state index in [-0.39, 0.29) is 41.8 Å². The summed E-state index contributed by atoms with van der Waals surface area (Å²) in [6, 6.07) is 7.56. The van der Waals surface area contributed by atoms with Gasteiger partial charge in [0.1, 0.15) is 17.4 Å². The number of hydrogen-bond donors (Lipinski definition) is 1. The molecule has 2 aliphatic rings. The van der Waals surface area contributed by atoms with E-state index >= 15 is 0 Å². The van der Waals surface area contributed by atoms with Crippen molar-refractivity contribution in [3.8, 4) is 11.5 Å². The molecule has 0 spiro atoms. The van der Waals surface area contributed by atoms with E-state index in [0.29, 0.717) is 24.7 Å². The third-order valence-electron chi connectivity index (χ3n) is 4.92. The molecule has 0 saturated carbocycles. The molecule has 2 aliphatic heterocycles. The molecule has 31 heavy (non-hydrogen) atoms. The largest absolute Gasteiger partial charge is 0.486 e. The van der Waals surface area contributed by atoms with E-state index in [9.17, 15) is 21.6 Å². The molecule has 2 aromatic rings. The van der Waals surface area contributed by atoms with Gasteiger partial charge in [-0.2, -0.15) is 4.31 Å². The van der Waals surface area contributed by atoms with Crippen LogP contribution in [0.2, 0.25) is 0 Å². The number of amides is 1. The Hall–Kier alpha value is -2.19. The molecule has 0 radical (unpaired) electrons. The predicted octanol–water partition coefficient (Wildman–Crippen LogP) is 0.331. The number of rotatable bonds is 6. The topological polar surface area (TPSA) is 122 Å². The maximum Gasteiger partial charge on any atom is 0.250 e. The molecule has 1 aromatic carbocycles. The molecule has 168 valence electrons. The maximum absolute atomic E-state index is 13.0. The first-order chi connectivity index (χ1) is 14.8. The zero-order valence-electron chi connectivity index (χ0n) is 16.4. The summed E-state index contributed by atoms with van der Waals surface area (Å²) in [5.41, 5.74) is 0. The Morgan fingerprint density at radius 3 is 2.39 bits per heavy atom. The fourth-order valence-electron chi connectivity index (χ4n) is 3.27. The van der Waals surface area contributed by atoms with Gasteiger partial charge in [-0.15, -0.1) is 11.3 Å². The molecule has 0 bridgehead atoms. The van der Waals surface area contributed by atoms with E-state index < -0.39 is 26.0 Å². The van der Waals surface area contributed by atoms with Crippen LogP contribution in [0.25, 0.3) is 0 Å². The summed E-state index contributed by atoms with van der Waals surface area (Å²) >= 11 is 1.06. The van der Waals surface area contributed by atoms with Crippen LogP contribution in [0, 0.1) is 0 Å². The van der Waals surface area contributed by atoms with Crippen LogP contribution in [0.4, 0.5) is 0 Å². The van der Waals surface area contributed by atoms with Gasteiger partial charge >= 0.3 is 0 Å². The van der Waals surface area contributed by atoms with Crippen molar-refractivity contribution in [2.75, 3.05) is 45.9 Å². The zero-order valence-corrected chi connectivity index (χ0v) is 18.8. The lowest BCUT2D eigenvalue weighted by molar-refractivity contribution is -0.131. The molecule has 3 heterocycles. The Bertz CT molecular complexity index is 1160. The lowest BCUT2D eigenvalue weighted by Gasteiger charge is -2.34. The number of piperazine rings is 1. The number of carbonyl (C=O) groups is 1. The summed E-state index contributed by atoms with van der Waals surface area (Å²) in [6.07, 6.45) is 0. The second kappa shape index (κ2) is 8.74. The van der Waals surface area contributed by atoms with Crippen LogP contribution in [0.15, 0.2) is 44.8 Å². The van der Waals surface area contributed by atoms with Crippen molar-refractivity contribution in [2.45, 2.75) is 9.10 Å². The summed E-state index contributed by atoms with van der Waals surface area (Å²) < 4.78 is 64.8. The first-order valence-electron chi connectivity index (χ1n) is 9.48. The predicted molar refractivity (Wildman–Crippen MR) is 112 cm³/mol. The molecule has 1 fully saturated rings. The standard InChI is InChI=1S/C18H21N3O7S3/c22-17(13-19-30(23,24)18-2-1-11-29-18)20-5-7-21(8-6-20)31(25,26)14-3-4-15-16(12-14)28-10-9-27-15/h1-4,11-12,19H,5-10,13H2. The smallest absolute Gasteiger partial charge is 0.250 e. The van der Waals surface area contributed by atoms with Gasteiger partial charge in [0.05, 0.1) is 11.4 Å². The van der Waals surface area contributed by atoms with E-state index in [1.807, 2.05) is 0 Å². The second-order valence-corrected chi connectivity index (χ2v) is 11.7. The van der Waals surface area contributed by atoms with Gasteiger partial charge in [-0.1, -0.05) is 6.07 Å². The van der Waals surface area contributed by atoms with Gasteiger partial charge in [0.15, 0.2) is 11.5 Å². The monoisotopic (exact) mass is 487 g/mol. The fourth-order valence-corrected chi connectivity index (χ4v) is 6.72. The molecule has 4 rings (SSSR count). The van der Waals surface area contributed by atoms with Crippen molar-refractivity contribution in [2.24, 2.45) is 0 Å². The van der Waals surface area contributed by atoms with Gasteiger partial charge in [-0.05, 0) is 23.6 Å². The van der Waals surface area contributed by atoms with Crippen LogP contribution in [0.5, 0.6) is 11.5 Å². The van der Waals surface area contributed by atoms with Gasteiger partial charge < -0.3 is 14.4 Å². The third kappa shape index (κ3) is 4.70. The Labute approximate surface area is 184 Å². The quantitative estimate of drug-likeness (QED) is 0.623. The number of ether oxygens (including phenoxy) is 2. The van der Waals surface area contributed by atoms with E-state index in [1.165, 1.54) is 27.4 Å². The number of sulfonamides is 2. The summed E-state index contributed by atoms with van der Waals surface area (Å²) in [4.78, 5) is 14.0. The normalized spacial score (nSPS) is 17.5. The zero-order chi connectivity index (χ0) is 22.1. The van der Waals surface area contributed by atoms with Gasteiger partial charge in [-0.3, -0.25) is 4.79 Å². The summed E-state index contributed by atoms with van der Waals surface area (Å²) in [6.45, 7) is 0.953. The molecular weight excluding hydrogens is 466 g/mol. The lowest BCUT2D eigenvalue weighted by atomic mass is 10.3. The second-order valence-electron chi connectivity index (χ2n) is 6.85. The molecule has 1 saturated heterocycles. The molecule has 0 aliphatic carbocycles. The summed E-state index contributed by atoms with van der Waals surface area (Å²) in [7, 11) is -7.50. The first-order valence-corrected chi connectivity index (χ1v) is 13.3.